The summed E-state index contributed by atoms with van der Waals surface area (Å²) in [5.74, 6) is 0. The molecule has 2 aromatic carbocycles. The second kappa shape index (κ2) is 8.71. The summed E-state index contributed by atoms with van der Waals surface area (Å²) in [4.78, 5) is 0.268. The van der Waals surface area contributed by atoms with Crippen LogP contribution in [0.25, 0.3) is 0 Å². The summed E-state index contributed by atoms with van der Waals surface area (Å²) in [7, 11) is -3.62. The molecular formula is C20H22BrN3O2S. The maximum Gasteiger partial charge on any atom is 0.261 e. The van der Waals surface area contributed by atoms with Gasteiger partial charge in [-0.15, -0.1) is 0 Å². The van der Waals surface area contributed by atoms with Crippen molar-refractivity contribution in [1.29, 1.82) is 0 Å². The summed E-state index contributed by atoms with van der Waals surface area (Å²) >= 11 is 3.37. The first-order valence-electron chi connectivity index (χ1n) is 8.85. The number of rotatable bonds is 8. The number of sulfonamides is 1. The second-order valence-corrected chi connectivity index (χ2v) is 9.01. The fourth-order valence-corrected chi connectivity index (χ4v) is 4.15. The molecule has 142 valence electrons. The highest BCUT2D eigenvalue weighted by Crippen LogP contribution is 2.19. The van der Waals surface area contributed by atoms with Crippen LogP contribution in [0.5, 0.6) is 0 Å². The van der Waals surface area contributed by atoms with Gasteiger partial charge in [-0.3, -0.25) is 9.40 Å². The predicted molar refractivity (Wildman–Crippen MR) is 111 cm³/mol. The Hall–Kier alpha value is -2.12. The van der Waals surface area contributed by atoms with E-state index in [0.717, 1.165) is 34.9 Å². The molecule has 0 unspecified atom stereocenters. The Morgan fingerprint density at radius 3 is 2.56 bits per heavy atom. The molecule has 0 fully saturated rings. The molecule has 5 nitrogen and oxygen atoms in total. The molecule has 0 aliphatic carbocycles. The van der Waals surface area contributed by atoms with E-state index in [2.05, 4.69) is 32.7 Å². The van der Waals surface area contributed by atoms with Crippen molar-refractivity contribution in [3.8, 4) is 0 Å². The Labute approximate surface area is 168 Å². The molecule has 3 rings (SSSR count). The van der Waals surface area contributed by atoms with Crippen LogP contribution in [0.2, 0.25) is 0 Å². The lowest BCUT2D eigenvalue weighted by Crippen LogP contribution is -2.13. The first-order valence-corrected chi connectivity index (χ1v) is 11.1. The fraction of sp³-hybridized carbons (Fsp3) is 0.250. The molecule has 27 heavy (non-hydrogen) atoms. The molecule has 3 aromatic rings. The highest BCUT2D eigenvalue weighted by molar-refractivity contribution is 9.10. The maximum atomic E-state index is 12.7. The zero-order valence-corrected chi connectivity index (χ0v) is 17.5. The summed E-state index contributed by atoms with van der Waals surface area (Å²) < 4.78 is 30.7. The van der Waals surface area contributed by atoms with Crippen LogP contribution in [-0.4, -0.2) is 18.2 Å². The molecule has 0 atom stereocenters. The van der Waals surface area contributed by atoms with Crippen LogP contribution in [0, 0.1) is 0 Å². The number of hydrogen-bond donors (Lipinski definition) is 1. The van der Waals surface area contributed by atoms with Crippen molar-refractivity contribution in [3.05, 3.63) is 76.5 Å². The number of halogens is 1. The Morgan fingerprint density at radius 2 is 1.89 bits per heavy atom. The summed E-state index contributed by atoms with van der Waals surface area (Å²) in [5.41, 5.74) is 2.65. The van der Waals surface area contributed by atoms with Crippen molar-refractivity contribution in [2.75, 3.05) is 4.72 Å². The molecule has 7 heteroatoms. The normalized spacial score (nSPS) is 11.5. The van der Waals surface area contributed by atoms with Gasteiger partial charge in [-0.1, -0.05) is 37.6 Å². The monoisotopic (exact) mass is 447 g/mol. The van der Waals surface area contributed by atoms with E-state index in [1.165, 1.54) is 0 Å². The first kappa shape index (κ1) is 19.6. The molecule has 1 aromatic heterocycles. The third-order valence-corrected chi connectivity index (χ3v) is 5.98. The minimum absolute atomic E-state index is 0.268. The Kier molecular flexibility index (Phi) is 6.34. The van der Waals surface area contributed by atoms with Crippen molar-refractivity contribution < 1.29 is 8.42 Å². The number of anilines is 1. The van der Waals surface area contributed by atoms with Crippen LogP contribution in [0.15, 0.2) is 70.3 Å². The highest BCUT2D eigenvalue weighted by atomic mass is 79.9. The van der Waals surface area contributed by atoms with E-state index in [-0.39, 0.29) is 4.90 Å². The minimum atomic E-state index is -3.62. The lowest BCUT2D eigenvalue weighted by Gasteiger charge is -2.10. The van der Waals surface area contributed by atoms with Gasteiger partial charge in [0, 0.05) is 11.9 Å². The average molecular weight is 448 g/mol. The van der Waals surface area contributed by atoms with Crippen LogP contribution >= 0.6 is 15.9 Å². The SMILES string of the molecule is CCCCc1ccc(S(=O)(=O)Nc2cccc(Cn3cc(Br)cn3)c2)cc1. The second-order valence-electron chi connectivity index (χ2n) is 6.41. The van der Waals surface area contributed by atoms with Crippen LogP contribution in [0.4, 0.5) is 5.69 Å². The molecule has 1 heterocycles. The van der Waals surface area contributed by atoms with Crippen LogP contribution in [-0.2, 0) is 23.0 Å². The molecule has 0 amide bonds. The van der Waals surface area contributed by atoms with Crippen LogP contribution in [0.1, 0.15) is 30.9 Å². The molecule has 0 saturated heterocycles. The Balaban J connectivity index is 1.72. The summed E-state index contributed by atoms with van der Waals surface area (Å²) in [6.45, 7) is 2.70. The van der Waals surface area contributed by atoms with Crippen LogP contribution < -0.4 is 4.72 Å². The van der Waals surface area contributed by atoms with E-state index in [1.807, 2.05) is 36.5 Å². The Morgan fingerprint density at radius 1 is 1.11 bits per heavy atom. The van der Waals surface area contributed by atoms with Gasteiger partial charge in [0.05, 0.1) is 22.1 Å². The maximum absolute atomic E-state index is 12.7. The molecule has 0 bridgehead atoms. The van der Waals surface area contributed by atoms with Crippen molar-refractivity contribution in [1.82, 2.24) is 9.78 Å². The molecule has 0 aliphatic heterocycles. The van der Waals surface area contributed by atoms with E-state index >= 15 is 0 Å². The molecule has 0 aliphatic rings. The van der Waals surface area contributed by atoms with Gasteiger partial charge in [0.25, 0.3) is 10.0 Å². The van der Waals surface area contributed by atoms with Gasteiger partial charge >= 0.3 is 0 Å². The Bertz CT molecular complexity index is 998. The molecule has 1 N–H and O–H groups in total. The van der Waals surface area contributed by atoms with Crippen molar-refractivity contribution in [2.24, 2.45) is 0 Å². The molecule has 0 spiro atoms. The van der Waals surface area contributed by atoms with Gasteiger partial charge in [-0.05, 0) is 64.2 Å². The average Bonchev–Trinajstić information content (AvgIpc) is 3.05. The molecule has 0 saturated carbocycles. The minimum Gasteiger partial charge on any atom is -0.280 e. The lowest BCUT2D eigenvalue weighted by atomic mass is 10.1. The zero-order chi connectivity index (χ0) is 19.3. The van der Waals surface area contributed by atoms with Crippen molar-refractivity contribution in [2.45, 2.75) is 37.6 Å². The number of nitrogens with one attached hydrogen (secondary N) is 1. The summed E-state index contributed by atoms with van der Waals surface area (Å²) in [5, 5.41) is 4.22. The van der Waals surface area contributed by atoms with Crippen molar-refractivity contribution >= 4 is 31.6 Å². The van der Waals surface area contributed by atoms with E-state index in [4.69, 9.17) is 0 Å². The number of hydrogen-bond acceptors (Lipinski definition) is 3. The number of nitrogens with zero attached hydrogens (tertiary/aromatic N) is 2. The van der Waals surface area contributed by atoms with E-state index < -0.39 is 10.0 Å². The van der Waals surface area contributed by atoms with Gasteiger partial charge in [-0.25, -0.2) is 8.42 Å². The number of unbranched alkanes of at least 4 members (excludes halogenated alkanes) is 1. The van der Waals surface area contributed by atoms with E-state index in [0.29, 0.717) is 12.2 Å². The third kappa shape index (κ3) is 5.43. The summed E-state index contributed by atoms with van der Waals surface area (Å²) in [6.07, 6.45) is 6.78. The topological polar surface area (TPSA) is 64.0 Å². The van der Waals surface area contributed by atoms with Gasteiger partial charge in [0.15, 0.2) is 0 Å². The summed E-state index contributed by atoms with van der Waals surface area (Å²) in [6, 6.07) is 14.4. The van der Waals surface area contributed by atoms with Gasteiger partial charge in [-0.2, -0.15) is 5.10 Å². The largest absolute Gasteiger partial charge is 0.280 e. The number of aromatic nitrogens is 2. The first-order chi connectivity index (χ1) is 13.0. The van der Waals surface area contributed by atoms with Gasteiger partial charge in [0.1, 0.15) is 0 Å². The van der Waals surface area contributed by atoms with Gasteiger partial charge < -0.3 is 0 Å². The highest BCUT2D eigenvalue weighted by Gasteiger charge is 2.14. The van der Waals surface area contributed by atoms with Crippen LogP contribution in [0.3, 0.4) is 0 Å². The molecule has 0 radical (unpaired) electrons. The third-order valence-electron chi connectivity index (χ3n) is 4.18. The lowest BCUT2D eigenvalue weighted by molar-refractivity contribution is 0.601. The smallest absolute Gasteiger partial charge is 0.261 e. The standard InChI is InChI=1S/C20H22BrN3O2S/c1-2-3-5-16-8-10-20(11-9-16)27(25,26)23-19-7-4-6-17(12-19)14-24-15-18(21)13-22-24/h4,6-13,15,23H,2-3,5,14H2,1H3. The predicted octanol–water partition coefficient (Wildman–Crippen LogP) is 4.84. The molecular weight excluding hydrogens is 426 g/mol. The van der Waals surface area contributed by atoms with E-state index in [1.54, 1.807) is 29.1 Å². The number of aryl methyl sites for hydroxylation is 1. The number of benzene rings is 2. The van der Waals surface area contributed by atoms with E-state index in [9.17, 15) is 8.42 Å². The van der Waals surface area contributed by atoms with Gasteiger partial charge in [0.2, 0.25) is 0 Å². The van der Waals surface area contributed by atoms with Crippen molar-refractivity contribution in [3.63, 3.8) is 0 Å². The fourth-order valence-electron chi connectivity index (χ4n) is 2.78. The zero-order valence-electron chi connectivity index (χ0n) is 15.1. The quantitative estimate of drug-likeness (QED) is 0.537.